The van der Waals surface area contributed by atoms with Gasteiger partial charge >= 0.3 is 0 Å². The average molecular weight is 227 g/mol. The zero-order valence-corrected chi connectivity index (χ0v) is 10.3. The fourth-order valence-corrected chi connectivity index (χ4v) is 1.32. The maximum atomic E-state index is 5.12. The van der Waals surface area contributed by atoms with Gasteiger partial charge in [-0.1, -0.05) is 19.0 Å². The Morgan fingerprint density at radius 3 is 2.88 bits per heavy atom. The molecule has 16 heavy (non-hydrogen) atoms. The van der Waals surface area contributed by atoms with Crippen molar-refractivity contribution in [1.82, 2.24) is 15.5 Å². The molecule has 1 N–H and O–H groups in total. The van der Waals surface area contributed by atoms with Crippen molar-refractivity contribution in [2.75, 3.05) is 20.3 Å². The van der Waals surface area contributed by atoms with Gasteiger partial charge in [0.1, 0.15) is 0 Å². The minimum absolute atomic E-state index is 0.528. The first-order valence-corrected chi connectivity index (χ1v) is 5.76. The van der Waals surface area contributed by atoms with Crippen molar-refractivity contribution < 1.29 is 9.26 Å². The zero-order chi connectivity index (χ0) is 11.8. The fourth-order valence-electron chi connectivity index (χ4n) is 1.32. The van der Waals surface area contributed by atoms with Gasteiger partial charge in [-0.25, -0.2) is 0 Å². The van der Waals surface area contributed by atoms with Crippen LogP contribution < -0.4 is 5.32 Å². The lowest BCUT2D eigenvalue weighted by Gasteiger charge is -2.05. The third kappa shape index (κ3) is 5.23. The van der Waals surface area contributed by atoms with Crippen molar-refractivity contribution in [1.29, 1.82) is 0 Å². The number of nitrogens with zero attached hydrogens (tertiary/aromatic N) is 2. The van der Waals surface area contributed by atoms with Crippen molar-refractivity contribution >= 4 is 0 Å². The summed E-state index contributed by atoms with van der Waals surface area (Å²) in [6.07, 6.45) is 2.56. The molecule has 0 aliphatic carbocycles. The van der Waals surface area contributed by atoms with Crippen LogP contribution in [0.3, 0.4) is 0 Å². The fraction of sp³-hybridized carbons (Fsp3) is 0.818. The standard InChI is InChI=1S/C11H21N3O2/c1-9(2)12-7-4-5-11-13-10(14-16-11)6-8-15-3/h9,12H,4-8H2,1-3H3. The highest BCUT2D eigenvalue weighted by atomic mass is 16.5. The van der Waals surface area contributed by atoms with Crippen molar-refractivity contribution in [3.05, 3.63) is 11.7 Å². The van der Waals surface area contributed by atoms with Crippen LogP contribution in [0, 0.1) is 0 Å². The molecule has 0 unspecified atom stereocenters. The van der Waals surface area contributed by atoms with Gasteiger partial charge in [-0.2, -0.15) is 4.98 Å². The Morgan fingerprint density at radius 1 is 1.38 bits per heavy atom. The van der Waals surface area contributed by atoms with Gasteiger partial charge in [0, 0.05) is 26.0 Å². The van der Waals surface area contributed by atoms with Gasteiger partial charge in [-0.3, -0.25) is 0 Å². The predicted octanol–water partition coefficient (Wildman–Crippen LogP) is 1.19. The van der Waals surface area contributed by atoms with Gasteiger partial charge < -0.3 is 14.6 Å². The van der Waals surface area contributed by atoms with E-state index >= 15 is 0 Å². The first kappa shape index (κ1) is 13.1. The molecule has 0 spiro atoms. The number of nitrogens with one attached hydrogen (secondary N) is 1. The molecule has 5 nitrogen and oxygen atoms in total. The molecular formula is C11H21N3O2. The van der Waals surface area contributed by atoms with E-state index in [2.05, 4.69) is 29.3 Å². The summed E-state index contributed by atoms with van der Waals surface area (Å²) in [5, 5.41) is 7.23. The molecule has 0 aliphatic heterocycles. The van der Waals surface area contributed by atoms with E-state index in [0.717, 1.165) is 31.1 Å². The lowest BCUT2D eigenvalue weighted by atomic mass is 10.3. The van der Waals surface area contributed by atoms with E-state index in [-0.39, 0.29) is 0 Å². The third-order valence-electron chi connectivity index (χ3n) is 2.16. The van der Waals surface area contributed by atoms with Crippen LogP contribution in [0.1, 0.15) is 32.0 Å². The molecular weight excluding hydrogens is 206 g/mol. The highest BCUT2D eigenvalue weighted by Crippen LogP contribution is 2.01. The van der Waals surface area contributed by atoms with Gasteiger partial charge in [0.15, 0.2) is 5.82 Å². The highest BCUT2D eigenvalue weighted by molar-refractivity contribution is 4.86. The average Bonchev–Trinajstić information content (AvgIpc) is 2.69. The summed E-state index contributed by atoms with van der Waals surface area (Å²) in [5.74, 6) is 1.45. The maximum Gasteiger partial charge on any atom is 0.226 e. The molecule has 0 radical (unpaired) electrons. The topological polar surface area (TPSA) is 60.2 Å². The molecule has 0 aliphatic rings. The Bertz CT molecular complexity index is 287. The number of hydrogen-bond donors (Lipinski definition) is 1. The van der Waals surface area contributed by atoms with Crippen LogP contribution in [-0.4, -0.2) is 36.4 Å². The Hall–Kier alpha value is -0.940. The minimum Gasteiger partial charge on any atom is -0.384 e. The normalized spacial score (nSPS) is 11.2. The Labute approximate surface area is 96.6 Å². The Kier molecular flexibility index (Phi) is 6.03. The summed E-state index contributed by atoms with van der Waals surface area (Å²) in [4.78, 5) is 4.28. The monoisotopic (exact) mass is 227 g/mol. The Balaban J connectivity index is 2.19. The van der Waals surface area contributed by atoms with E-state index in [1.807, 2.05) is 0 Å². The van der Waals surface area contributed by atoms with Crippen LogP contribution in [0.4, 0.5) is 0 Å². The number of ether oxygens (including phenoxy) is 1. The number of methoxy groups -OCH3 is 1. The molecule has 5 heteroatoms. The lowest BCUT2D eigenvalue weighted by Crippen LogP contribution is -2.23. The van der Waals surface area contributed by atoms with E-state index in [1.54, 1.807) is 7.11 Å². The molecule has 0 bridgehead atoms. The molecule has 0 fully saturated rings. The molecule has 1 aromatic heterocycles. The SMILES string of the molecule is COCCc1noc(CCCNC(C)C)n1. The van der Waals surface area contributed by atoms with Crippen molar-refractivity contribution in [3.63, 3.8) is 0 Å². The van der Waals surface area contributed by atoms with Crippen LogP contribution in [0.2, 0.25) is 0 Å². The molecule has 0 saturated carbocycles. The third-order valence-corrected chi connectivity index (χ3v) is 2.16. The second kappa shape index (κ2) is 7.35. The molecule has 0 saturated heterocycles. The number of rotatable bonds is 8. The van der Waals surface area contributed by atoms with E-state index in [0.29, 0.717) is 19.1 Å². The van der Waals surface area contributed by atoms with Crippen molar-refractivity contribution in [2.24, 2.45) is 0 Å². The summed E-state index contributed by atoms with van der Waals surface area (Å²) in [6.45, 7) is 5.88. The van der Waals surface area contributed by atoms with Crippen LogP contribution in [0.15, 0.2) is 4.52 Å². The summed E-state index contributed by atoms with van der Waals surface area (Å²) >= 11 is 0. The summed E-state index contributed by atoms with van der Waals surface area (Å²) in [5.41, 5.74) is 0. The lowest BCUT2D eigenvalue weighted by molar-refractivity contribution is 0.199. The highest BCUT2D eigenvalue weighted by Gasteiger charge is 2.05. The van der Waals surface area contributed by atoms with Gasteiger partial charge in [0.2, 0.25) is 5.89 Å². The summed E-state index contributed by atoms with van der Waals surface area (Å²) in [6, 6.07) is 0.528. The molecule has 0 atom stereocenters. The van der Waals surface area contributed by atoms with Crippen LogP contribution in [-0.2, 0) is 17.6 Å². The predicted molar refractivity (Wildman–Crippen MR) is 61.3 cm³/mol. The maximum absolute atomic E-state index is 5.12. The number of aromatic nitrogens is 2. The van der Waals surface area contributed by atoms with E-state index in [1.165, 1.54) is 0 Å². The van der Waals surface area contributed by atoms with E-state index in [9.17, 15) is 0 Å². The van der Waals surface area contributed by atoms with Gasteiger partial charge in [0.25, 0.3) is 0 Å². The van der Waals surface area contributed by atoms with Crippen LogP contribution in [0.5, 0.6) is 0 Å². The van der Waals surface area contributed by atoms with Crippen LogP contribution >= 0.6 is 0 Å². The largest absolute Gasteiger partial charge is 0.384 e. The smallest absolute Gasteiger partial charge is 0.226 e. The molecule has 1 heterocycles. The number of aryl methyl sites for hydroxylation is 1. The molecule has 0 amide bonds. The van der Waals surface area contributed by atoms with E-state index < -0.39 is 0 Å². The second-order valence-corrected chi connectivity index (χ2v) is 4.06. The van der Waals surface area contributed by atoms with Gasteiger partial charge in [-0.15, -0.1) is 0 Å². The van der Waals surface area contributed by atoms with E-state index in [4.69, 9.17) is 9.26 Å². The van der Waals surface area contributed by atoms with Crippen LogP contribution in [0.25, 0.3) is 0 Å². The molecule has 1 aromatic rings. The van der Waals surface area contributed by atoms with Crippen molar-refractivity contribution in [3.8, 4) is 0 Å². The Morgan fingerprint density at radius 2 is 2.19 bits per heavy atom. The first-order chi connectivity index (χ1) is 7.72. The quantitative estimate of drug-likeness (QED) is 0.676. The summed E-state index contributed by atoms with van der Waals surface area (Å²) < 4.78 is 10.1. The first-order valence-electron chi connectivity index (χ1n) is 5.76. The molecule has 0 aromatic carbocycles. The van der Waals surface area contributed by atoms with Gasteiger partial charge in [0.05, 0.1) is 6.61 Å². The molecule has 92 valence electrons. The zero-order valence-electron chi connectivity index (χ0n) is 10.3. The van der Waals surface area contributed by atoms with Gasteiger partial charge in [-0.05, 0) is 13.0 Å². The number of hydrogen-bond acceptors (Lipinski definition) is 5. The summed E-state index contributed by atoms with van der Waals surface area (Å²) in [7, 11) is 1.67. The molecule has 1 rings (SSSR count). The van der Waals surface area contributed by atoms with Crippen molar-refractivity contribution in [2.45, 2.75) is 39.2 Å². The second-order valence-electron chi connectivity index (χ2n) is 4.06. The minimum atomic E-state index is 0.528.